The summed E-state index contributed by atoms with van der Waals surface area (Å²) in [6.45, 7) is 7.80. The van der Waals surface area contributed by atoms with Crippen molar-refractivity contribution >= 4 is 16.9 Å². The number of nitrogens with zero attached hydrogens (tertiary/aromatic N) is 2. The van der Waals surface area contributed by atoms with E-state index >= 15 is 0 Å². The highest BCUT2D eigenvalue weighted by Crippen LogP contribution is 2.17. The van der Waals surface area contributed by atoms with Crippen molar-refractivity contribution in [3.8, 4) is 0 Å². The Hall–Kier alpha value is -1.84. The second-order valence-electron chi connectivity index (χ2n) is 6.37. The highest BCUT2D eigenvalue weighted by molar-refractivity contribution is 5.76. The molecule has 1 heterocycles. The summed E-state index contributed by atoms with van der Waals surface area (Å²) in [5.74, 6) is 0.132. The van der Waals surface area contributed by atoms with Crippen LogP contribution in [-0.4, -0.2) is 22.0 Å². The molecule has 0 aliphatic carbocycles. The van der Waals surface area contributed by atoms with Crippen molar-refractivity contribution in [3.05, 3.63) is 30.6 Å². The third-order valence-corrected chi connectivity index (χ3v) is 3.12. The number of hydrogen-bond acceptors (Lipinski definition) is 2. The van der Waals surface area contributed by atoms with E-state index in [-0.39, 0.29) is 11.3 Å². The molecule has 0 aliphatic rings. The Morgan fingerprint density at radius 1 is 1.30 bits per heavy atom. The van der Waals surface area contributed by atoms with Crippen molar-refractivity contribution in [2.24, 2.45) is 5.41 Å². The maximum Gasteiger partial charge on any atom is 0.220 e. The minimum absolute atomic E-state index is 0.0463. The minimum atomic E-state index is 0.0463. The average molecular weight is 273 g/mol. The van der Waals surface area contributed by atoms with Crippen LogP contribution in [0.25, 0.3) is 11.0 Å². The van der Waals surface area contributed by atoms with E-state index in [9.17, 15) is 4.79 Å². The van der Waals surface area contributed by atoms with E-state index in [2.05, 4.69) is 41.7 Å². The van der Waals surface area contributed by atoms with Gasteiger partial charge in [0.25, 0.3) is 0 Å². The summed E-state index contributed by atoms with van der Waals surface area (Å²) >= 11 is 0. The van der Waals surface area contributed by atoms with E-state index < -0.39 is 0 Å². The molecule has 0 fully saturated rings. The van der Waals surface area contributed by atoms with Gasteiger partial charge in [-0.25, -0.2) is 4.98 Å². The van der Waals surface area contributed by atoms with Gasteiger partial charge in [0.1, 0.15) is 0 Å². The Balaban J connectivity index is 1.78. The van der Waals surface area contributed by atoms with Gasteiger partial charge in [-0.1, -0.05) is 32.9 Å². The Labute approximate surface area is 120 Å². The predicted molar refractivity (Wildman–Crippen MR) is 81.4 cm³/mol. The molecule has 0 atom stereocenters. The number of para-hydroxylation sites is 2. The van der Waals surface area contributed by atoms with Gasteiger partial charge in [-0.05, 0) is 24.0 Å². The van der Waals surface area contributed by atoms with Crippen LogP contribution < -0.4 is 5.32 Å². The number of benzene rings is 1. The van der Waals surface area contributed by atoms with Gasteiger partial charge in [-0.3, -0.25) is 4.79 Å². The van der Waals surface area contributed by atoms with Gasteiger partial charge in [0.2, 0.25) is 5.91 Å². The smallest absolute Gasteiger partial charge is 0.220 e. The summed E-state index contributed by atoms with van der Waals surface area (Å²) in [5.41, 5.74) is 2.21. The van der Waals surface area contributed by atoms with Crippen LogP contribution in [0.4, 0.5) is 0 Å². The quantitative estimate of drug-likeness (QED) is 0.851. The zero-order chi connectivity index (χ0) is 14.6. The Kier molecular flexibility index (Phi) is 4.42. The molecule has 20 heavy (non-hydrogen) atoms. The molecular weight excluding hydrogens is 250 g/mol. The maximum atomic E-state index is 11.7. The molecule has 0 radical (unpaired) electrons. The van der Waals surface area contributed by atoms with Crippen molar-refractivity contribution in [2.45, 2.75) is 40.2 Å². The van der Waals surface area contributed by atoms with Crippen LogP contribution >= 0.6 is 0 Å². The summed E-state index contributed by atoms with van der Waals surface area (Å²) in [6, 6.07) is 8.09. The standard InChI is InChI=1S/C16H23N3O/c1-16(2,3)11-15(20)17-9-6-10-19-12-18-13-7-4-5-8-14(13)19/h4-5,7-8,12H,6,9-11H2,1-3H3,(H,17,20). The van der Waals surface area contributed by atoms with E-state index in [1.54, 1.807) is 0 Å². The Morgan fingerprint density at radius 2 is 2.05 bits per heavy atom. The first-order chi connectivity index (χ1) is 9.46. The molecule has 108 valence electrons. The molecule has 2 aromatic rings. The fraction of sp³-hybridized carbons (Fsp3) is 0.500. The van der Waals surface area contributed by atoms with Crippen molar-refractivity contribution in [1.29, 1.82) is 0 Å². The zero-order valence-electron chi connectivity index (χ0n) is 12.5. The molecule has 0 bridgehead atoms. The largest absolute Gasteiger partial charge is 0.356 e. The molecule has 1 aromatic heterocycles. The highest BCUT2D eigenvalue weighted by Gasteiger charge is 2.15. The SMILES string of the molecule is CC(C)(C)CC(=O)NCCCn1cnc2ccccc21. The molecule has 1 N–H and O–H groups in total. The van der Waals surface area contributed by atoms with E-state index in [0.29, 0.717) is 13.0 Å². The predicted octanol–water partition coefficient (Wildman–Crippen LogP) is 2.98. The van der Waals surface area contributed by atoms with E-state index in [1.165, 1.54) is 0 Å². The molecular formula is C16H23N3O. The summed E-state index contributed by atoms with van der Waals surface area (Å²) in [6.07, 6.45) is 3.35. The van der Waals surface area contributed by atoms with Gasteiger partial charge in [-0.15, -0.1) is 0 Å². The Bertz CT molecular complexity index is 581. The van der Waals surface area contributed by atoms with Crippen LogP contribution in [-0.2, 0) is 11.3 Å². The molecule has 0 saturated heterocycles. The number of carbonyl (C=O) groups is 1. The third-order valence-electron chi connectivity index (χ3n) is 3.12. The van der Waals surface area contributed by atoms with Gasteiger partial charge < -0.3 is 9.88 Å². The number of aryl methyl sites for hydroxylation is 1. The van der Waals surface area contributed by atoms with Gasteiger partial charge in [0.05, 0.1) is 17.4 Å². The maximum absolute atomic E-state index is 11.7. The normalized spacial score (nSPS) is 11.8. The minimum Gasteiger partial charge on any atom is -0.356 e. The van der Waals surface area contributed by atoms with Gasteiger partial charge in [0, 0.05) is 19.5 Å². The number of rotatable bonds is 5. The number of aromatic nitrogens is 2. The molecule has 0 unspecified atom stereocenters. The van der Waals surface area contributed by atoms with Crippen molar-refractivity contribution in [3.63, 3.8) is 0 Å². The number of imidazole rings is 1. The fourth-order valence-electron chi connectivity index (χ4n) is 2.21. The summed E-state index contributed by atoms with van der Waals surface area (Å²) in [7, 11) is 0. The third kappa shape index (κ3) is 4.08. The highest BCUT2D eigenvalue weighted by atomic mass is 16.1. The summed E-state index contributed by atoms with van der Waals surface area (Å²) in [4.78, 5) is 16.1. The number of carbonyl (C=O) groups excluding carboxylic acids is 1. The lowest BCUT2D eigenvalue weighted by molar-refractivity contribution is -0.122. The van der Waals surface area contributed by atoms with Crippen LogP contribution in [0.5, 0.6) is 0 Å². The molecule has 4 nitrogen and oxygen atoms in total. The average Bonchev–Trinajstić information content (AvgIpc) is 2.76. The van der Waals surface area contributed by atoms with E-state index in [1.807, 2.05) is 24.5 Å². The van der Waals surface area contributed by atoms with Crippen molar-refractivity contribution < 1.29 is 4.79 Å². The number of nitrogens with one attached hydrogen (secondary N) is 1. The first-order valence-electron chi connectivity index (χ1n) is 7.12. The monoisotopic (exact) mass is 273 g/mol. The van der Waals surface area contributed by atoms with Crippen molar-refractivity contribution in [2.75, 3.05) is 6.54 Å². The molecule has 4 heteroatoms. The van der Waals surface area contributed by atoms with Crippen LogP contribution in [0.1, 0.15) is 33.6 Å². The summed E-state index contributed by atoms with van der Waals surface area (Å²) in [5, 5.41) is 2.98. The fourth-order valence-corrected chi connectivity index (χ4v) is 2.21. The molecule has 0 spiro atoms. The van der Waals surface area contributed by atoms with Gasteiger partial charge >= 0.3 is 0 Å². The van der Waals surface area contributed by atoms with Gasteiger partial charge in [0.15, 0.2) is 0 Å². The molecule has 1 amide bonds. The molecule has 0 aliphatic heterocycles. The van der Waals surface area contributed by atoms with Crippen molar-refractivity contribution in [1.82, 2.24) is 14.9 Å². The van der Waals surface area contributed by atoms with Crippen LogP contribution in [0.2, 0.25) is 0 Å². The number of fused-ring (bicyclic) bond motifs is 1. The molecule has 0 saturated carbocycles. The van der Waals surface area contributed by atoms with Gasteiger partial charge in [-0.2, -0.15) is 0 Å². The lowest BCUT2D eigenvalue weighted by Crippen LogP contribution is -2.28. The first-order valence-corrected chi connectivity index (χ1v) is 7.12. The van der Waals surface area contributed by atoms with E-state index in [4.69, 9.17) is 0 Å². The van der Waals surface area contributed by atoms with E-state index in [0.717, 1.165) is 24.0 Å². The Morgan fingerprint density at radius 3 is 2.80 bits per heavy atom. The topological polar surface area (TPSA) is 46.9 Å². The molecule has 1 aromatic carbocycles. The lowest BCUT2D eigenvalue weighted by atomic mass is 9.92. The first kappa shape index (κ1) is 14.6. The number of hydrogen-bond donors (Lipinski definition) is 1. The van der Waals surface area contributed by atoms with Crippen LogP contribution in [0.3, 0.4) is 0 Å². The van der Waals surface area contributed by atoms with Crippen LogP contribution in [0.15, 0.2) is 30.6 Å². The molecule has 2 rings (SSSR count). The second-order valence-corrected chi connectivity index (χ2v) is 6.37. The lowest BCUT2D eigenvalue weighted by Gasteiger charge is -2.17. The second kappa shape index (κ2) is 6.07. The number of amides is 1. The zero-order valence-corrected chi connectivity index (χ0v) is 12.5. The summed E-state index contributed by atoms with van der Waals surface area (Å²) < 4.78 is 2.13. The van der Waals surface area contributed by atoms with Crippen LogP contribution in [0, 0.1) is 5.41 Å².